The van der Waals surface area contributed by atoms with Crippen molar-refractivity contribution in [1.82, 2.24) is 15.1 Å². The molecule has 1 atom stereocenters. The van der Waals surface area contributed by atoms with Crippen LogP contribution in [-0.2, 0) is 7.05 Å². The molecule has 16 heavy (non-hydrogen) atoms. The molecular weight excluding hydrogens is 226 g/mol. The van der Waals surface area contributed by atoms with Gasteiger partial charge in [0.2, 0.25) is 0 Å². The lowest BCUT2D eigenvalue weighted by Crippen LogP contribution is -2.29. The van der Waals surface area contributed by atoms with Gasteiger partial charge in [0.25, 0.3) is 5.91 Å². The Morgan fingerprint density at radius 1 is 1.69 bits per heavy atom. The molecule has 0 aromatic carbocycles. The van der Waals surface area contributed by atoms with Crippen molar-refractivity contribution >= 4 is 17.5 Å². The molecule has 0 fully saturated rings. The van der Waals surface area contributed by atoms with Crippen molar-refractivity contribution in [2.45, 2.75) is 19.8 Å². The molecule has 1 heterocycles. The smallest absolute Gasteiger partial charge is 0.271 e. The van der Waals surface area contributed by atoms with E-state index in [1.807, 2.05) is 0 Å². The number of nitrogens with zero attached hydrogens (tertiary/aromatic N) is 2. The molecule has 1 aromatic rings. The number of alkyl halides is 1. The summed E-state index contributed by atoms with van der Waals surface area (Å²) in [6.45, 7) is 2.77. The maximum absolute atomic E-state index is 11.7. The van der Waals surface area contributed by atoms with Gasteiger partial charge in [0, 0.05) is 25.7 Å². The molecule has 0 saturated heterocycles. The Morgan fingerprint density at radius 3 is 2.94 bits per heavy atom. The number of carbonyl (C=O) groups excluding carboxylic acids is 1. The van der Waals surface area contributed by atoms with Crippen LogP contribution in [0.15, 0.2) is 12.3 Å². The van der Waals surface area contributed by atoms with E-state index in [1.54, 1.807) is 24.0 Å². The zero-order valence-corrected chi connectivity index (χ0v) is 10.5. The number of hydrogen-bond acceptors (Lipinski definition) is 2. The number of aromatic nitrogens is 2. The second kappa shape index (κ2) is 6.53. The first kappa shape index (κ1) is 13.0. The molecule has 1 rings (SSSR count). The molecule has 0 saturated carbocycles. The molecule has 0 aliphatic rings. The van der Waals surface area contributed by atoms with E-state index < -0.39 is 0 Å². The van der Waals surface area contributed by atoms with Gasteiger partial charge in [-0.15, -0.1) is 11.6 Å². The first-order chi connectivity index (χ1) is 7.67. The summed E-state index contributed by atoms with van der Waals surface area (Å²) in [5, 5.41) is 6.91. The van der Waals surface area contributed by atoms with E-state index in [4.69, 9.17) is 11.6 Å². The van der Waals surface area contributed by atoms with E-state index in [0.29, 0.717) is 24.0 Å². The fourth-order valence-electron chi connectivity index (χ4n) is 1.47. The largest absolute Gasteiger partial charge is 0.350 e. The number of amides is 1. The average molecular weight is 244 g/mol. The molecule has 0 radical (unpaired) electrons. The summed E-state index contributed by atoms with van der Waals surface area (Å²) in [5.74, 6) is 0.969. The lowest BCUT2D eigenvalue weighted by Gasteiger charge is -2.13. The van der Waals surface area contributed by atoms with E-state index in [-0.39, 0.29) is 5.91 Å². The topological polar surface area (TPSA) is 46.9 Å². The van der Waals surface area contributed by atoms with Gasteiger partial charge in [0.1, 0.15) is 5.69 Å². The van der Waals surface area contributed by atoms with Crippen LogP contribution in [0.1, 0.15) is 30.3 Å². The van der Waals surface area contributed by atoms with Gasteiger partial charge >= 0.3 is 0 Å². The molecule has 0 spiro atoms. The predicted octanol–water partition coefficient (Wildman–Crippen LogP) is 1.80. The first-order valence-corrected chi connectivity index (χ1v) is 6.04. The third kappa shape index (κ3) is 3.85. The van der Waals surface area contributed by atoms with Gasteiger partial charge in [-0.3, -0.25) is 9.48 Å². The second-order valence-corrected chi connectivity index (χ2v) is 4.21. The third-order valence-corrected chi connectivity index (χ3v) is 2.81. The van der Waals surface area contributed by atoms with Gasteiger partial charge in [-0.05, 0) is 18.4 Å². The Hall–Kier alpha value is -1.03. The third-order valence-electron chi connectivity index (χ3n) is 2.59. The SMILES string of the molecule is CCC(CCCl)CNC(=O)c1ccn(C)n1. The summed E-state index contributed by atoms with van der Waals surface area (Å²) in [4.78, 5) is 11.7. The molecule has 5 heteroatoms. The number of halogens is 1. The van der Waals surface area contributed by atoms with Crippen LogP contribution in [0.25, 0.3) is 0 Å². The van der Waals surface area contributed by atoms with Crippen molar-refractivity contribution in [2.24, 2.45) is 13.0 Å². The van der Waals surface area contributed by atoms with E-state index in [0.717, 1.165) is 12.8 Å². The number of aryl methyl sites for hydroxylation is 1. The minimum Gasteiger partial charge on any atom is -0.350 e. The van der Waals surface area contributed by atoms with Crippen LogP contribution in [0.5, 0.6) is 0 Å². The van der Waals surface area contributed by atoms with Crippen LogP contribution >= 0.6 is 11.6 Å². The zero-order valence-electron chi connectivity index (χ0n) is 9.74. The number of nitrogens with one attached hydrogen (secondary N) is 1. The molecule has 0 aliphatic carbocycles. The van der Waals surface area contributed by atoms with E-state index in [9.17, 15) is 4.79 Å². The highest BCUT2D eigenvalue weighted by molar-refractivity contribution is 6.17. The summed E-state index contributed by atoms with van der Waals surface area (Å²) in [7, 11) is 1.79. The number of carbonyl (C=O) groups is 1. The van der Waals surface area contributed by atoms with Crippen molar-refractivity contribution in [1.29, 1.82) is 0 Å². The van der Waals surface area contributed by atoms with Crippen LogP contribution in [0.3, 0.4) is 0 Å². The lowest BCUT2D eigenvalue weighted by molar-refractivity contribution is 0.0940. The van der Waals surface area contributed by atoms with Crippen LogP contribution in [0.4, 0.5) is 0 Å². The van der Waals surface area contributed by atoms with Gasteiger partial charge in [-0.2, -0.15) is 5.10 Å². The van der Waals surface area contributed by atoms with Gasteiger partial charge in [-0.1, -0.05) is 13.3 Å². The molecule has 0 aliphatic heterocycles. The quantitative estimate of drug-likeness (QED) is 0.775. The van der Waals surface area contributed by atoms with Gasteiger partial charge in [0.05, 0.1) is 0 Å². The van der Waals surface area contributed by atoms with Crippen LogP contribution in [0.2, 0.25) is 0 Å². The standard InChI is InChI=1S/C11H18ClN3O/c1-3-9(4-6-12)8-13-11(16)10-5-7-15(2)14-10/h5,7,9H,3-4,6,8H2,1-2H3,(H,13,16). The molecular formula is C11H18ClN3O. The zero-order chi connectivity index (χ0) is 12.0. The lowest BCUT2D eigenvalue weighted by atomic mass is 10.0. The average Bonchev–Trinajstić information content (AvgIpc) is 2.70. The van der Waals surface area contributed by atoms with Crippen molar-refractivity contribution in [3.63, 3.8) is 0 Å². The number of rotatable bonds is 6. The van der Waals surface area contributed by atoms with Crippen LogP contribution in [0, 0.1) is 5.92 Å². The van der Waals surface area contributed by atoms with Crippen molar-refractivity contribution in [2.75, 3.05) is 12.4 Å². The molecule has 1 N–H and O–H groups in total. The maximum atomic E-state index is 11.7. The molecule has 1 unspecified atom stereocenters. The molecule has 4 nitrogen and oxygen atoms in total. The van der Waals surface area contributed by atoms with Crippen molar-refractivity contribution in [3.05, 3.63) is 18.0 Å². The minimum atomic E-state index is -0.117. The second-order valence-electron chi connectivity index (χ2n) is 3.84. The van der Waals surface area contributed by atoms with Crippen LogP contribution in [-0.4, -0.2) is 28.1 Å². The summed E-state index contributed by atoms with van der Waals surface area (Å²) >= 11 is 5.68. The number of hydrogen-bond donors (Lipinski definition) is 1. The monoisotopic (exact) mass is 243 g/mol. The Balaban J connectivity index is 2.40. The first-order valence-electron chi connectivity index (χ1n) is 5.51. The van der Waals surface area contributed by atoms with Crippen molar-refractivity contribution in [3.8, 4) is 0 Å². The Bertz CT molecular complexity index is 338. The van der Waals surface area contributed by atoms with Crippen LogP contribution < -0.4 is 5.32 Å². The maximum Gasteiger partial charge on any atom is 0.271 e. The fraction of sp³-hybridized carbons (Fsp3) is 0.636. The highest BCUT2D eigenvalue weighted by Gasteiger charge is 2.11. The highest BCUT2D eigenvalue weighted by Crippen LogP contribution is 2.08. The Kier molecular flexibility index (Phi) is 5.32. The fourth-order valence-corrected chi connectivity index (χ4v) is 1.78. The highest BCUT2D eigenvalue weighted by atomic mass is 35.5. The van der Waals surface area contributed by atoms with E-state index >= 15 is 0 Å². The summed E-state index contributed by atoms with van der Waals surface area (Å²) in [6, 6.07) is 1.71. The normalized spacial score (nSPS) is 12.4. The van der Waals surface area contributed by atoms with Gasteiger partial charge < -0.3 is 5.32 Å². The molecule has 1 aromatic heterocycles. The predicted molar refractivity (Wildman–Crippen MR) is 64.7 cm³/mol. The summed E-state index contributed by atoms with van der Waals surface area (Å²) < 4.78 is 1.62. The van der Waals surface area contributed by atoms with E-state index in [1.165, 1.54) is 0 Å². The molecule has 90 valence electrons. The minimum absolute atomic E-state index is 0.117. The Morgan fingerprint density at radius 2 is 2.44 bits per heavy atom. The summed E-state index contributed by atoms with van der Waals surface area (Å²) in [6.07, 6.45) is 3.71. The molecule has 0 bridgehead atoms. The molecule has 1 amide bonds. The van der Waals surface area contributed by atoms with Gasteiger partial charge in [0.15, 0.2) is 0 Å². The van der Waals surface area contributed by atoms with Crippen molar-refractivity contribution < 1.29 is 4.79 Å². The summed E-state index contributed by atoms with van der Waals surface area (Å²) in [5.41, 5.74) is 0.461. The van der Waals surface area contributed by atoms with Gasteiger partial charge in [-0.25, -0.2) is 0 Å². The van der Waals surface area contributed by atoms with E-state index in [2.05, 4.69) is 17.3 Å². The Labute approximate surface area is 101 Å².